The number of fused-ring (bicyclic) bond motifs is 3. The van der Waals surface area contributed by atoms with Gasteiger partial charge in [-0.1, -0.05) is 87.4 Å². The third-order valence-corrected chi connectivity index (χ3v) is 12.9. The maximum atomic E-state index is 13.9. The highest BCUT2D eigenvalue weighted by atomic mass is 16.5. The number of ether oxygens (including phenoxy) is 2. The number of carbonyl (C=O) groups excluding carboxylic acids is 4. The van der Waals surface area contributed by atoms with E-state index in [0.717, 1.165) is 45.6 Å². The second-order valence-electron chi connectivity index (χ2n) is 17.7. The maximum Gasteiger partial charge on any atom is 0.407 e. The van der Waals surface area contributed by atoms with Crippen LogP contribution in [0.15, 0.2) is 72.1 Å². The van der Waals surface area contributed by atoms with E-state index in [1.807, 2.05) is 60.0 Å². The molecule has 1 saturated carbocycles. The number of carbonyl (C=O) groups is 4. The molecule has 2 aromatic heterocycles. The summed E-state index contributed by atoms with van der Waals surface area (Å²) in [6.07, 6.45) is 9.92. The molecule has 61 heavy (non-hydrogen) atoms. The normalized spacial score (nSPS) is 21.3. The fourth-order valence-corrected chi connectivity index (χ4v) is 9.55. The number of hydrogen-bond donors (Lipinski definition) is 4. The first-order chi connectivity index (χ1) is 29.3. The molecule has 0 radical (unpaired) electrons. The first-order valence-corrected chi connectivity index (χ1v) is 21.3. The van der Waals surface area contributed by atoms with Crippen molar-refractivity contribution in [1.29, 1.82) is 0 Å². The van der Waals surface area contributed by atoms with Gasteiger partial charge in [0.15, 0.2) is 0 Å². The molecule has 4 N–H and O–H groups in total. The number of hydrogen-bond acceptors (Lipinski definition) is 8. The van der Waals surface area contributed by atoms with Crippen molar-refractivity contribution >= 4 is 24.0 Å². The quantitative estimate of drug-likeness (QED) is 0.112. The number of nitrogens with zero attached hydrogens (tertiary/aromatic N) is 4. The Hall–Kier alpha value is -6.18. The lowest BCUT2D eigenvalue weighted by molar-refractivity contribution is -0.135. The Labute approximate surface area is 356 Å². The molecule has 3 unspecified atom stereocenters. The number of alkyl carbamates (subject to hydrolysis) is 2. The summed E-state index contributed by atoms with van der Waals surface area (Å²) in [7, 11) is 2.58. The van der Waals surface area contributed by atoms with Gasteiger partial charge in [-0.05, 0) is 84.6 Å². The van der Waals surface area contributed by atoms with Gasteiger partial charge in [0, 0.05) is 18.7 Å². The van der Waals surface area contributed by atoms with Crippen LogP contribution >= 0.6 is 0 Å². The van der Waals surface area contributed by atoms with Crippen LogP contribution in [0.5, 0.6) is 0 Å². The SMILES string of the molecule is COC(=O)NC(C(=O)N1CC(C)=C[C@H]1c1ncc(-c2ccc(-c3ccc(-c4cnc([C@@H]5C=C(C)CN5C(=O)[C@@H](NC(=O)OC)C(C)C)[nH]4)c4c3C3CCC3C4)cc2)[nH]1)C(C)C. The largest absolute Gasteiger partial charge is 0.453 e. The Bertz CT molecular complexity index is 2410. The van der Waals surface area contributed by atoms with Crippen molar-refractivity contribution in [3.63, 3.8) is 0 Å². The smallest absolute Gasteiger partial charge is 0.407 e. The van der Waals surface area contributed by atoms with Crippen LogP contribution in [0.3, 0.4) is 0 Å². The van der Waals surface area contributed by atoms with Crippen molar-refractivity contribution in [2.45, 2.75) is 90.9 Å². The fraction of sp³-hybridized carbons (Fsp3) is 0.447. The third-order valence-electron chi connectivity index (χ3n) is 12.9. The minimum Gasteiger partial charge on any atom is -0.453 e. The van der Waals surface area contributed by atoms with Crippen molar-refractivity contribution in [2.75, 3.05) is 27.3 Å². The third kappa shape index (κ3) is 7.83. The van der Waals surface area contributed by atoms with Crippen LogP contribution in [0.25, 0.3) is 33.6 Å². The molecule has 4 aromatic rings. The van der Waals surface area contributed by atoms with Crippen LogP contribution in [-0.2, 0) is 25.5 Å². The lowest BCUT2D eigenvalue weighted by atomic mass is 9.73. The Morgan fingerprint density at radius 3 is 1.67 bits per heavy atom. The first-order valence-electron chi connectivity index (χ1n) is 21.3. The number of benzene rings is 2. The second-order valence-corrected chi connectivity index (χ2v) is 17.7. The Kier molecular flexibility index (Phi) is 11.4. The summed E-state index contributed by atoms with van der Waals surface area (Å²) in [6, 6.07) is 10.8. The van der Waals surface area contributed by atoms with Crippen molar-refractivity contribution in [3.8, 4) is 33.6 Å². The van der Waals surface area contributed by atoms with E-state index in [9.17, 15) is 19.2 Å². The van der Waals surface area contributed by atoms with Gasteiger partial charge < -0.3 is 39.9 Å². The molecule has 14 nitrogen and oxygen atoms in total. The van der Waals surface area contributed by atoms with Gasteiger partial charge >= 0.3 is 12.2 Å². The molecule has 2 aliphatic heterocycles. The summed E-state index contributed by atoms with van der Waals surface area (Å²) in [5, 5.41) is 5.43. The van der Waals surface area contributed by atoms with Crippen LogP contribution in [0, 0.1) is 17.8 Å². The van der Waals surface area contributed by atoms with Crippen LogP contribution in [0.1, 0.15) is 95.2 Å². The van der Waals surface area contributed by atoms with E-state index in [-0.39, 0.29) is 29.7 Å². The minimum atomic E-state index is -0.734. The van der Waals surface area contributed by atoms with Gasteiger partial charge in [-0.3, -0.25) is 9.59 Å². The Morgan fingerprint density at radius 1 is 0.689 bits per heavy atom. The number of methoxy groups -OCH3 is 2. The van der Waals surface area contributed by atoms with Gasteiger partial charge in [-0.2, -0.15) is 0 Å². The van der Waals surface area contributed by atoms with Crippen molar-refractivity contribution in [3.05, 3.63) is 94.9 Å². The molecule has 4 amide bonds. The predicted molar refractivity (Wildman–Crippen MR) is 231 cm³/mol. The summed E-state index contributed by atoms with van der Waals surface area (Å²) in [5.41, 5.74) is 11.2. The molecule has 2 aromatic carbocycles. The highest BCUT2D eigenvalue weighted by Crippen LogP contribution is 2.56. The van der Waals surface area contributed by atoms with E-state index in [4.69, 9.17) is 19.4 Å². The van der Waals surface area contributed by atoms with E-state index in [1.54, 1.807) is 9.80 Å². The topological polar surface area (TPSA) is 175 Å². The molecule has 1 fully saturated rings. The highest BCUT2D eigenvalue weighted by Gasteiger charge is 2.43. The molecule has 4 aliphatic rings. The lowest BCUT2D eigenvalue weighted by Gasteiger charge is -2.31. The molecule has 0 bridgehead atoms. The second kappa shape index (κ2) is 16.7. The average Bonchev–Trinajstić information content (AvgIpc) is 4.08. The van der Waals surface area contributed by atoms with Gasteiger partial charge in [0.05, 0.1) is 38.0 Å². The summed E-state index contributed by atoms with van der Waals surface area (Å²) in [5.74, 6) is 1.84. The van der Waals surface area contributed by atoms with E-state index in [1.165, 1.54) is 43.8 Å². The molecule has 6 atom stereocenters. The number of amides is 4. The van der Waals surface area contributed by atoms with Crippen molar-refractivity contribution in [2.24, 2.45) is 17.8 Å². The highest BCUT2D eigenvalue weighted by molar-refractivity contribution is 5.88. The molecule has 0 saturated heterocycles. The van der Waals surface area contributed by atoms with Gasteiger partial charge in [0.25, 0.3) is 0 Å². The van der Waals surface area contributed by atoms with E-state index < -0.39 is 30.3 Å². The number of imidazole rings is 2. The molecule has 14 heteroatoms. The van der Waals surface area contributed by atoms with Gasteiger partial charge in [-0.15, -0.1) is 0 Å². The van der Waals surface area contributed by atoms with E-state index in [0.29, 0.717) is 36.6 Å². The number of rotatable bonds is 11. The minimum absolute atomic E-state index is 0.136. The van der Waals surface area contributed by atoms with Gasteiger partial charge in [-0.25, -0.2) is 19.6 Å². The summed E-state index contributed by atoms with van der Waals surface area (Å²) >= 11 is 0. The predicted octanol–water partition coefficient (Wildman–Crippen LogP) is 7.60. The van der Waals surface area contributed by atoms with Crippen LogP contribution in [-0.4, -0.2) is 93.1 Å². The van der Waals surface area contributed by atoms with Crippen molar-refractivity contribution < 1.29 is 28.7 Å². The van der Waals surface area contributed by atoms with Gasteiger partial charge in [0.2, 0.25) is 11.8 Å². The first kappa shape index (κ1) is 41.5. The molecule has 4 heterocycles. The Morgan fingerprint density at radius 2 is 1.18 bits per heavy atom. The zero-order chi connectivity index (χ0) is 43.3. The molecule has 8 rings (SSSR count). The van der Waals surface area contributed by atoms with Crippen LogP contribution in [0.2, 0.25) is 0 Å². The number of aromatic amines is 2. The zero-order valence-electron chi connectivity index (χ0n) is 36.2. The van der Waals surface area contributed by atoms with E-state index in [2.05, 4.69) is 63.1 Å². The molecular formula is C47H56N8O6. The standard InChI is InChI=1S/C47H56N8O6/c1-24(2)40(52-46(58)60-7)44(56)54-22-26(5)17-37(54)42-48-20-35(50-42)29-11-9-28(10-12-29)31-15-16-33(34-19-30-13-14-32(30)39(31)34)36-21-49-43(51-36)38-18-27(6)23-55(38)45(57)41(25(3)4)53-47(59)61-8/h9-12,15-18,20-21,24-25,30,32,37-38,40-41H,13-14,19,22-23H2,1-8H3,(H,48,50)(H,49,51)(H,52,58)(H,53,59)/t30?,32?,37-,38-,40?,41-/m0/s1. The van der Waals surface area contributed by atoms with Crippen LogP contribution < -0.4 is 10.6 Å². The number of aromatic nitrogens is 4. The molecule has 0 spiro atoms. The Balaban J connectivity index is 1.03. The summed E-state index contributed by atoms with van der Waals surface area (Å²) in [6.45, 7) is 12.5. The fourth-order valence-electron chi connectivity index (χ4n) is 9.55. The average molecular weight is 829 g/mol. The van der Waals surface area contributed by atoms with E-state index >= 15 is 0 Å². The van der Waals surface area contributed by atoms with Crippen molar-refractivity contribution in [1.82, 2.24) is 40.4 Å². The molecule has 2 aliphatic carbocycles. The monoisotopic (exact) mass is 828 g/mol. The number of nitrogens with one attached hydrogen (secondary N) is 4. The zero-order valence-corrected chi connectivity index (χ0v) is 36.2. The summed E-state index contributed by atoms with van der Waals surface area (Å²) < 4.78 is 9.61. The lowest BCUT2D eigenvalue weighted by Crippen LogP contribution is -2.51. The number of H-pyrrole nitrogens is 2. The maximum absolute atomic E-state index is 13.9. The van der Waals surface area contributed by atoms with Crippen LogP contribution in [0.4, 0.5) is 9.59 Å². The summed E-state index contributed by atoms with van der Waals surface area (Å²) in [4.78, 5) is 72.0. The molecular weight excluding hydrogens is 773 g/mol. The molecule has 320 valence electrons. The van der Waals surface area contributed by atoms with Gasteiger partial charge in [0.1, 0.15) is 35.8 Å².